The maximum absolute atomic E-state index is 12.3. The first-order valence-electron chi connectivity index (χ1n) is 7.39. The Hall–Kier alpha value is -2.30. The van der Waals surface area contributed by atoms with E-state index in [0.29, 0.717) is 5.56 Å². The highest BCUT2D eigenvalue weighted by atomic mass is 16.5. The second-order valence-corrected chi connectivity index (χ2v) is 6.03. The lowest BCUT2D eigenvalue weighted by atomic mass is 10.0. The fourth-order valence-electron chi connectivity index (χ4n) is 2.24. The van der Waals surface area contributed by atoms with Gasteiger partial charge in [0.1, 0.15) is 0 Å². The molecule has 1 aromatic carbocycles. The van der Waals surface area contributed by atoms with Crippen LogP contribution < -0.4 is 5.32 Å². The molecule has 0 saturated carbocycles. The highest BCUT2D eigenvalue weighted by Gasteiger charge is 2.21. The van der Waals surface area contributed by atoms with E-state index in [4.69, 9.17) is 4.74 Å². The van der Waals surface area contributed by atoms with Crippen LogP contribution in [0.5, 0.6) is 0 Å². The predicted molar refractivity (Wildman–Crippen MR) is 85.8 cm³/mol. The van der Waals surface area contributed by atoms with Gasteiger partial charge >= 0.3 is 5.97 Å². The average molecular weight is 302 g/mol. The monoisotopic (exact) mass is 302 g/mol. The molecule has 0 aliphatic carbocycles. The molecule has 0 bridgehead atoms. The Morgan fingerprint density at radius 3 is 2.64 bits per heavy atom. The Labute approximate surface area is 130 Å². The van der Waals surface area contributed by atoms with E-state index in [9.17, 15) is 9.59 Å². The number of para-hydroxylation sites is 1. The molecule has 2 rings (SSSR count). The number of amides is 1. The average Bonchev–Trinajstić information content (AvgIpc) is 2.80. The van der Waals surface area contributed by atoms with Crippen LogP contribution in [0, 0.1) is 6.92 Å². The number of rotatable bonds is 5. The molecule has 0 atom stereocenters. The number of benzene rings is 1. The molecule has 0 radical (unpaired) electrons. The molecule has 0 saturated heterocycles. The number of aromatic amines is 1. The Kier molecular flexibility index (Phi) is 4.54. The minimum atomic E-state index is -0.487. The molecule has 0 fully saturated rings. The highest BCUT2D eigenvalue weighted by Crippen LogP contribution is 2.22. The van der Waals surface area contributed by atoms with Crippen molar-refractivity contribution >= 4 is 22.8 Å². The van der Waals surface area contributed by atoms with Gasteiger partial charge in [0.25, 0.3) is 5.91 Å². The lowest BCUT2D eigenvalue weighted by molar-refractivity contribution is -0.125. The van der Waals surface area contributed by atoms with Crippen molar-refractivity contribution in [2.75, 3.05) is 6.61 Å². The first kappa shape index (κ1) is 16.1. The number of ether oxygens (including phenoxy) is 1. The lowest BCUT2D eigenvalue weighted by Crippen LogP contribution is -2.44. The van der Waals surface area contributed by atoms with E-state index in [0.717, 1.165) is 23.0 Å². The summed E-state index contributed by atoms with van der Waals surface area (Å²) < 4.78 is 5.16. The zero-order chi connectivity index (χ0) is 16.3. The van der Waals surface area contributed by atoms with E-state index in [1.54, 1.807) is 0 Å². The summed E-state index contributed by atoms with van der Waals surface area (Å²) in [5, 5.41) is 3.64. The van der Waals surface area contributed by atoms with Crippen molar-refractivity contribution in [1.82, 2.24) is 10.3 Å². The number of carbonyl (C=O) groups is 2. The number of aromatic nitrogens is 1. The van der Waals surface area contributed by atoms with Crippen LogP contribution in [0.15, 0.2) is 24.3 Å². The van der Waals surface area contributed by atoms with Crippen molar-refractivity contribution in [3.8, 4) is 0 Å². The number of fused-ring (bicyclic) bond motifs is 1. The third-order valence-corrected chi connectivity index (χ3v) is 3.79. The quantitative estimate of drug-likeness (QED) is 0.834. The fraction of sp³-hybridized carbons (Fsp3) is 0.412. The molecule has 2 aromatic rings. The van der Waals surface area contributed by atoms with Gasteiger partial charge in [-0.05, 0) is 33.3 Å². The predicted octanol–water partition coefficient (Wildman–Crippen LogP) is 2.94. The molecule has 2 N–H and O–H groups in total. The standard InChI is InChI=1S/C17H22N2O3/c1-5-17(3,4)19-14(20)10-22-16(21)15-11(2)18-13-9-7-6-8-12(13)15/h6-9,18H,5,10H2,1-4H3,(H,19,20). The maximum Gasteiger partial charge on any atom is 0.341 e. The van der Waals surface area contributed by atoms with Gasteiger partial charge in [0.15, 0.2) is 6.61 Å². The number of nitrogens with one attached hydrogen (secondary N) is 2. The van der Waals surface area contributed by atoms with Crippen molar-refractivity contribution < 1.29 is 14.3 Å². The van der Waals surface area contributed by atoms with E-state index >= 15 is 0 Å². The summed E-state index contributed by atoms with van der Waals surface area (Å²) in [4.78, 5) is 27.2. The van der Waals surface area contributed by atoms with Gasteiger partial charge in [-0.3, -0.25) is 4.79 Å². The third kappa shape index (κ3) is 3.47. The minimum Gasteiger partial charge on any atom is -0.452 e. The summed E-state index contributed by atoms with van der Waals surface area (Å²) in [6.45, 7) is 7.38. The number of esters is 1. The zero-order valence-electron chi connectivity index (χ0n) is 13.4. The van der Waals surface area contributed by atoms with Crippen molar-refractivity contribution in [2.24, 2.45) is 0 Å². The molecular formula is C17H22N2O3. The Morgan fingerprint density at radius 1 is 1.27 bits per heavy atom. The van der Waals surface area contributed by atoms with Crippen LogP contribution in [-0.2, 0) is 9.53 Å². The van der Waals surface area contributed by atoms with Crippen molar-refractivity contribution in [3.63, 3.8) is 0 Å². The summed E-state index contributed by atoms with van der Waals surface area (Å²) in [5.74, 6) is -0.780. The topological polar surface area (TPSA) is 71.2 Å². The summed E-state index contributed by atoms with van der Waals surface area (Å²) in [7, 11) is 0. The summed E-state index contributed by atoms with van der Waals surface area (Å²) >= 11 is 0. The van der Waals surface area contributed by atoms with Crippen LogP contribution in [-0.4, -0.2) is 29.0 Å². The van der Waals surface area contributed by atoms with Crippen molar-refractivity contribution in [2.45, 2.75) is 39.7 Å². The molecule has 5 heteroatoms. The van der Waals surface area contributed by atoms with Gasteiger partial charge in [-0.1, -0.05) is 25.1 Å². The van der Waals surface area contributed by atoms with Crippen LogP contribution in [0.25, 0.3) is 10.9 Å². The first-order valence-corrected chi connectivity index (χ1v) is 7.39. The van der Waals surface area contributed by atoms with Crippen molar-refractivity contribution in [1.29, 1.82) is 0 Å². The van der Waals surface area contributed by atoms with Crippen LogP contribution in [0.4, 0.5) is 0 Å². The van der Waals surface area contributed by atoms with Crippen LogP contribution in [0.1, 0.15) is 43.2 Å². The van der Waals surface area contributed by atoms with Gasteiger partial charge in [0, 0.05) is 22.1 Å². The second-order valence-electron chi connectivity index (χ2n) is 6.03. The van der Waals surface area contributed by atoms with E-state index in [2.05, 4.69) is 10.3 Å². The van der Waals surface area contributed by atoms with Crippen LogP contribution in [0.3, 0.4) is 0 Å². The number of aryl methyl sites for hydroxylation is 1. The van der Waals surface area contributed by atoms with E-state index < -0.39 is 5.97 Å². The maximum atomic E-state index is 12.3. The second kappa shape index (κ2) is 6.22. The zero-order valence-corrected chi connectivity index (χ0v) is 13.4. The largest absolute Gasteiger partial charge is 0.452 e. The van der Waals surface area contributed by atoms with Gasteiger partial charge < -0.3 is 15.0 Å². The fourth-order valence-corrected chi connectivity index (χ4v) is 2.24. The Balaban J connectivity index is 2.06. The van der Waals surface area contributed by atoms with Crippen LogP contribution in [0.2, 0.25) is 0 Å². The first-order chi connectivity index (χ1) is 10.3. The highest BCUT2D eigenvalue weighted by molar-refractivity contribution is 6.06. The van der Waals surface area contributed by atoms with E-state index in [1.807, 2.05) is 52.0 Å². The number of H-pyrrole nitrogens is 1. The van der Waals surface area contributed by atoms with Gasteiger partial charge in [-0.15, -0.1) is 0 Å². The normalized spacial score (nSPS) is 11.5. The number of hydrogen-bond donors (Lipinski definition) is 2. The smallest absolute Gasteiger partial charge is 0.341 e. The molecular weight excluding hydrogens is 280 g/mol. The lowest BCUT2D eigenvalue weighted by Gasteiger charge is -2.24. The molecule has 0 unspecified atom stereocenters. The SMILES string of the molecule is CCC(C)(C)NC(=O)COC(=O)c1c(C)[nH]c2ccccc12. The molecule has 5 nitrogen and oxygen atoms in total. The Bertz CT molecular complexity index is 701. The van der Waals surface area contributed by atoms with Crippen molar-refractivity contribution in [3.05, 3.63) is 35.5 Å². The van der Waals surface area contributed by atoms with E-state index in [-0.39, 0.29) is 18.1 Å². The molecule has 0 aliphatic heterocycles. The summed E-state index contributed by atoms with van der Waals surface area (Å²) in [6, 6.07) is 7.52. The summed E-state index contributed by atoms with van der Waals surface area (Å²) in [5.41, 5.74) is 1.79. The molecule has 1 amide bonds. The van der Waals surface area contributed by atoms with Crippen LogP contribution >= 0.6 is 0 Å². The Morgan fingerprint density at radius 2 is 1.95 bits per heavy atom. The molecule has 0 aliphatic rings. The number of carbonyl (C=O) groups excluding carboxylic acids is 2. The molecule has 0 spiro atoms. The molecule has 1 heterocycles. The van der Waals surface area contributed by atoms with Gasteiger partial charge in [-0.2, -0.15) is 0 Å². The summed E-state index contributed by atoms with van der Waals surface area (Å²) in [6.07, 6.45) is 0.800. The van der Waals surface area contributed by atoms with Gasteiger partial charge in [0.05, 0.1) is 5.56 Å². The minimum absolute atomic E-state index is 0.277. The van der Waals surface area contributed by atoms with E-state index in [1.165, 1.54) is 0 Å². The molecule has 22 heavy (non-hydrogen) atoms. The van der Waals surface area contributed by atoms with Gasteiger partial charge in [-0.25, -0.2) is 4.79 Å². The number of hydrogen-bond acceptors (Lipinski definition) is 3. The third-order valence-electron chi connectivity index (χ3n) is 3.79. The van der Waals surface area contributed by atoms with Gasteiger partial charge in [0.2, 0.25) is 0 Å². The molecule has 1 aromatic heterocycles. The molecule has 118 valence electrons.